The van der Waals surface area contributed by atoms with Gasteiger partial charge in [0.25, 0.3) is 0 Å². The molecule has 17 heavy (non-hydrogen) atoms. The standard InChI is InChI=1S/C11H19N5O/c1-11(2)8-15(5-3-9(11)12)10(17)7-16-6-4-13-14-16/h4,6,9H,3,5,7-8,12H2,1-2H3. The van der Waals surface area contributed by atoms with Crippen molar-refractivity contribution < 1.29 is 4.79 Å². The van der Waals surface area contributed by atoms with Gasteiger partial charge in [-0.05, 0) is 11.8 Å². The average molecular weight is 237 g/mol. The minimum Gasteiger partial charge on any atom is -0.340 e. The van der Waals surface area contributed by atoms with Gasteiger partial charge in [0, 0.05) is 25.3 Å². The molecule has 6 heteroatoms. The lowest BCUT2D eigenvalue weighted by Crippen LogP contribution is -2.54. The van der Waals surface area contributed by atoms with E-state index in [0.717, 1.165) is 13.0 Å². The second-order valence-corrected chi connectivity index (χ2v) is 5.30. The van der Waals surface area contributed by atoms with E-state index in [1.807, 2.05) is 4.90 Å². The number of nitrogens with zero attached hydrogens (tertiary/aromatic N) is 4. The maximum atomic E-state index is 12.1. The largest absolute Gasteiger partial charge is 0.340 e. The Kier molecular flexibility index (Phi) is 3.15. The highest BCUT2D eigenvalue weighted by atomic mass is 16.2. The Balaban J connectivity index is 1.97. The number of hydrogen-bond donors (Lipinski definition) is 1. The lowest BCUT2D eigenvalue weighted by atomic mass is 9.80. The zero-order chi connectivity index (χ0) is 12.5. The van der Waals surface area contributed by atoms with E-state index >= 15 is 0 Å². The van der Waals surface area contributed by atoms with Crippen molar-refractivity contribution in [3.63, 3.8) is 0 Å². The third-order valence-electron chi connectivity index (χ3n) is 3.43. The van der Waals surface area contributed by atoms with E-state index in [1.165, 1.54) is 0 Å². The summed E-state index contributed by atoms with van der Waals surface area (Å²) in [4.78, 5) is 13.9. The number of rotatable bonds is 2. The van der Waals surface area contributed by atoms with Crippen LogP contribution in [-0.4, -0.2) is 44.9 Å². The van der Waals surface area contributed by atoms with E-state index in [0.29, 0.717) is 6.54 Å². The zero-order valence-corrected chi connectivity index (χ0v) is 10.3. The van der Waals surface area contributed by atoms with Crippen LogP contribution in [0.5, 0.6) is 0 Å². The molecular weight excluding hydrogens is 218 g/mol. The molecule has 0 radical (unpaired) electrons. The number of piperidine rings is 1. The molecule has 2 N–H and O–H groups in total. The van der Waals surface area contributed by atoms with E-state index < -0.39 is 0 Å². The van der Waals surface area contributed by atoms with E-state index in [2.05, 4.69) is 24.2 Å². The third-order valence-corrected chi connectivity index (χ3v) is 3.43. The molecule has 1 aromatic rings. The third kappa shape index (κ3) is 2.63. The van der Waals surface area contributed by atoms with Crippen molar-refractivity contribution in [1.29, 1.82) is 0 Å². The summed E-state index contributed by atoms with van der Waals surface area (Å²) in [6.45, 7) is 5.91. The molecule has 2 rings (SSSR count). The van der Waals surface area contributed by atoms with Crippen molar-refractivity contribution in [3.8, 4) is 0 Å². The highest BCUT2D eigenvalue weighted by molar-refractivity contribution is 5.76. The second kappa shape index (κ2) is 4.44. The first-order valence-corrected chi connectivity index (χ1v) is 5.86. The van der Waals surface area contributed by atoms with Gasteiger partial charge >= 0.3 is 0 Å². The summed E-state index contributed by atoms with van der Waals surface area (Å²) in [6.07, 6.45) is 4.12. The summed E-state index contributed by atoms with van der Waals surface area (Å²) in [6, 6.07) is 0.165. The number of hydrogen-bond acceptors (Lipinski definition) is 4. The van der Waals surface area contributed by atoms with Crippen LogP contribution in [0.1, 0.15) is 20.3 Å². The first kappa shape index (κ1) is 12.0. The van der Waals surface area contributed by atoms with Crippen LogP contribution in [0.2, 0.25) is 0 Å². The summed E-state index contributed by atoms with van der Waals surface area (Å²) >= 11 is 0. The van der Waals surface area contributed by atoms with Gasteiger partial charge in [0.05, 0.1) is 6.20 Å². The predicted molar refractivity (Wildman–Crippen MR) is 63.0 cm³/mol. The van der Waals surface area contributed by atoms with Gasteiger partial charge in [-0.1, -0.05) is 19.1 Å². The smallest absolute Gasteiger partial charge is 0.244 e. The van der Waals surface area contributed by atoms with Gasteiger partial charge in [-0.3, -0.25) is 4.79 Å². The van der Waals surface area contributed by atoms with Gasteiger partial charge in [-0.25, -0.2) is 4.68 Å². The van der Waals surface area contributed by atoms with Crippen molar-refractivity contribution in [2.45, 2.75) is 32.9 Å². The molecular formula is C11H19N5O. The molecule has 0 spiro atoms. The molecule has 1 atom stereocenters. The van der Waals surface area contributed by atoms with Gasteiger partial charge in [0.1, 0.15) is 6.54 Å². The molecule has 6 nitrogen and oxygen atoms in total. The summed E-state index contributed by atoms with van der Waals surface area (Å²) < 4.78 is 1.55. The van der Waals surface area contributed by atoms with Gasteiger partial charge < -0.3 is 10.6 Å². The molecule has 94 valence electrons. The number of aromatic nitrogens is 3. The Morgan fingerprint density at radius 1 is 1.59 bits per heavy atom. The summed E-state index contributed by atoms with van der Waals surface area (Å²) in [5, 5.41) is 7.48. The Morgan fingerprint density at radius 3 is 2.94 bits per heavy atom. The lowest BCUT2D eigenvalue weighted by Gasteiger charge is -2.42. The number of carbonyl (C=O) groups is 1. The Bertz CT molecular complexity index is 387. The minimum absolute atomic E-state index is 0.0176. The van der Waals surface area contributed by atoms with E-state index in [9.17, 15) is 4.79 Å². The molecule has 0 aliphatic carbocycles. The number of carbonyl (C=O) groups excluding carboxylic acids is 1. The summed E-state index contributed by atoms with van der Waals surface area (Å²) in [5.41, 5.74) is 6.03. The molecule has 2 heterocycles. The van der Waals surface area contributed by atoms with Crippen molar-refractivity contribution in [2.24, 2.45) is 11.1 Å². The molecule has 0 aromatic carbocycles. The molecule has 1 amide bonds. The van der Waals surface area contributed by atoms with Crippen molar-refractivity contribution in [2.75, 3.05) is 13.1 Å². The fourth-order valence-electron chi connectivity index (χ4n) is 2.14. The molecule has 0 saturated carbocycles. The van der Waals surface area contributed by atoms with Gasteiger partial charge in [0.15, 0.2) is 0 Å². The van der Waals surface area contributed by atoms with Crippen LogP contribution in [0.4, 0.5) is 0 Å². The van der Waals surface area contributed by atoms with Crippen LogP contribution in [0.3, 0.4) is 0 Å². The van der Waals surface area contributed by atoms with E-state index in [-0.39, 0.29) is 23.9 Å². The first-order chi connectivity index (χ1) is 7.99. The average Bonchev–Trinajstić information content (AvgIpc) is 2.74. The fraction of sp³-hybridized carbons (Fsp3) is 0.727. The van der Waals surface area contributed by atoms with Crippen LogP contribution in [-0.2, 0) is 11.3 Å². The fourth-order valence-corrected chi connectivity index (χ4v) is 2.14. The summed E-state index contributed by atoms with van der Waals surface area (Å²) in [5.74, 6) is 0.0791. The monoisotopic (exact) mass is 237 g/mol. The van der Waals surface area contributed by atoms with E-state index in [4.69, 9.17) is 5.73 Å². The highest BCUT2D eigenvalue weighted by Crippen LogP contribution is 2.27. The normalized spacial score (nSPS) is 23.7. The quantitative estimate of drug-likeness (QED) is 0.777. The van der Waals surface area contributed by atoms with E-state index in [1.54, 1.807) is 17.1 Å². The Labute approximate surface area is 101 Å². The van der Waals surface area contributed by atoms with Crippen LogP contribution >= 0.6 is 0 Å². The molecule has 1 aliphatic heterocycles. The minimum atomic E-state index is -0.0176. The predicted octanol–water partition coefficient (Wildman–Crippen LogP) is -0.136. The van der Waals surface area contributed by atoms with Crippen LogP contribution in [0.15, 0.2) is 12.4 Å². The van der Waals surface area contributed by atoms with Crippen molar-refractivity contribution >= 4 is 5.91 Å². The highest BCUT2D eigenvalue weighted by Gasteiger charge is 2.35. The maximum absolute atomic E-state index is 12.1. The van der Waals surface area contributed by atoms with Crippen LogP contribution < -0.4 is 5.73 Å². The van der Waals surface area contributed by atoms with Crippen molar-refractivity contribution in [3.05, 3.63) is 12.4 Å². The topological polar surface area (TPSA) is 77.0 Å². The first-order valence-electron chi connectivity index (χ1n) is 5.86. The Morgan fingerprint density at radius 2 is 2.35 bits per heavy atom. The summed E-state index contributed by atoms with van der Waals surface area (Å²) in [7, 11) is 0. The van der Waals surface area contributed by atoms with Crippen LogP contribution in [0, 0.1) is 5.41 Å². The van der Waals surface area contributed by atoms with Gasteiger partial charge in [-0.2, -0.15) is 0 Å². The molecule has 1 unspecified atom stereocenters. The molecule has 1 saturated heterocycles. The van der Waals surface area contributed by atoms with Crippen molar-refractivity contribution in [1.82, 2.24) is 19.9 Å². The number of amides is 1. The Hall–Kier alpha value is -1.43. The zero-order valence-electron chi connectivity index (χ0n) is 10.3. The van der Waals surface area contributed by atoms with Gasteiger partial charge in [-0.15, -0.1) is 5.10 Å². The number of likely N-dealkylation sites (tertiary alicyclic amines) is 1. The maximum Gasteiger partial charge on any atom is 0.244 e. The van der Waals surface area contributed by atoms with Crippen LogP contribution in [0.25, 0.3) is 0 Å². The number of nitrogens with two attached hydrogens (primary N) is 1. The molecule has 1 aromatic heterocycles. The van der Waals surface area contributed by atoms with Gasteiger partial charge in [0.2, 0.25) is 5.91 Å². The second-order valence-electron chi connectivity index (χ2n) is 5.30. The molecule has 1 aliphatic rings. The SMILES string of the molecule is CC1(C)CN(C(=O)Cn2ccnn2)CCC1N. The lowest BCUT2D eigenvalue weighted by molar-refractivity contribution is -0.135. The molecule has 0 bridgehead atoms. The molecule has 1 fully saturated rings.